The van der Waals surface area contributed by atoms with E-state index in [1.165, 1.54) is 19.3 Å². The van der Waals surface area contributed by atoms with Gasteiger partial charge >= 0.3 is 5.97 Å². The zero-order chi connectivity index (χ0) is 15.9. The van der Waals surface area contributed by atoms with Gasteiger partial charge in [0.2, 0.25) is 5.24 Å². The summed E-state index contributed by atoms with van der Waals surface area (Å²) in [6.07, 6.45) is 10.6. The third kappa shape index (κ3) is 12.9. The molecule has 0 aliphatic heterocycles. The SMILES string of the molecule is CCCCCCC(CCCC)C(=O)OCCCCC(=O)Cl. The van der Waals surface area contributed by atoms with Gasteiger partial charge in [0.15, 0.2) is 0 Å². The maximum Gasteiger partial charge on any atom is 0.308 e. The highest BCUT2D eigenvalue weighted by molar-refractivity contribution is 6.63. The summed E-state index contributed by atoms with van der Waals surface area (Å²) < 4.78 is 5.35. The van der Waals surface area contributed by atoms with Gasteiger partial charge in [-0.3, -0.25) is 9.59 Å². The first-order chi connectivity index (χ1) is 10.1. The lowest BCUT2D eigenvalue weighted by atomic mass is 9.95. The maximum atomic E-state index is 12.1. The number of unbranched alkanes of at least 4 members (excludes halogenated alkanes) is 5. The fourth-order valence-corrected chi connectivity index (χ4v) is 2.44. The molecule has 0 aromatic carbocycles. The van der Waals surface area contributed by atoms with Crippen molar-refractivity contribution in [2.75, 3.05) is 6.61 Å². The van der Waals surface area contributed by atoms with Crippen LogP contribution in [-0.2, 0) is 14.3 Å². The van der Waals surface area contributed by atoms with Crippen LogP contribution in [0.4, 0.5) is 0 Å². The highest BCUT2D eigenvalue weighted by Crippen LogP contribution is 2.19. The quantitative estimate of drug-likeness (QED) is 0.250. The second kappa shape index (κ2) is 14.4. The average molecular weight is 319 g/mol. The van der Waals surface area contributed by atoms with Crippen molar-refractivity contribution in [3.05, 3.63) is 0 Å². The van der Waals surface area contributed by atoms with E-state index in [1.807, 2.05) is 0 Å². The van der Waals surface area contributed by atoms with Gasteiger partial charge in [0.25, 0.3) is 0 Å². The van der Waals surface area contributed by atoms with Gasteiger partial charge in [-0.15, -0.1) is 0 Å². The van der Waals surface area contributed by atoms with Crippen LogP contribution in [0, 0.1) is 5.92 Å². The minimum absolute atomic E-state index is 0.0523. The second-order valence-corrected chi connectivity index (χ2v) is 6.09. The summed E-state index contributed by atoms with van der Waals surface area (Å²) >= 11 is 5.26. The molecule has 1 unspecified atom stereocenters. The van der Waals surface area contributed by atoms with Crippen LogP contribution in [0.25, 0.3) is 0 Å². The molecule has 0 spiro atoms. The summed E-state index contributed by atoms with van der Waals surface area (Å²) in [5.41, 5.74) is 0. The van der Waals surface area contributed by atoms with Crippen LogP contribution in [0.1, 0.15) is 84.5 Å². The average Bonchev–Trinajstić information content (AvgIpc) is 2.45. The van der Waals surface area contributed by atoms with Crippen LogP contribution in [0.2, 0.25) is 0 Å². The summed E-state index contributed by atoms with van der Waals surface area (Å²) in [5, 5.41) is -0.321. The van der Waals surface area contributed by atoms with Crippen molar-refractivity contribution in [1.29, 1.82) is 0 Å². The lowest BCUT2D eigenvalue weighted by Gasteiger charge is -2.15. The minimum atomic E-state index is -0.321. The van der Waals surface area contributed by atoms with Crippen LogP contribution in [0.15, 0.2) is 0 Å². The molecule has 0 N–H and O–H groups in total. The zero-order valence-electron chi connectivity index (χ0n) is 13.7. The molecule has 0 fully saturated rings. The molecule has 21 heavy (non-hydrogen) atoms. The summed E-state index contributed by atoms with van der Waals surface area (Å²) in [5.74, 6) is -0.00591. The summed E-state index contributed by atoms with van der Waals surface area (Å²) in [6.45, 7) is 4.73. The van der Waals surface area contributed by atoms with E-state index in [4.69, 9.17) is 16.3 Å². The molecule has 0 saturated carbocycles. The molecule has 0 aromatic heterocycles. The lowest BCUT2D eigenvalue weighted by molar-refractivity contribution is -0.149. The van der Waals surface area contributed by atoms with E-state index in [9.17, 15) is 9.59 Å². The highest BCUT2D eigenvalue weighted by atomic mass is 35.5. The van der Waals surface area contributed by atoms with E-state index < -0.39 is 0 Å². The van der Waals surface area contributed by atoms with E-state index in [0.29, 0.717) is 25.9 Å². The molecular weight excluding hydrogens is 288 g/mol. The third-order valence-electron chi connectivity index (χ3n) is 3.66. The van der Waals surface area contributed by atoms with Crippen LogP contribution in [0.3, 0.4) is 0 Å². The van der Waals surface area contributed by atoms with Gasteiger partial charge in [0.05, 0.1) is 12.5 Å². The van der Waals surface area contributed by atoms with Crippen molar-refractivity contribution in [2.24, 2.45) is 5.92 Å². The topological polar surface area (TPSA) is 43.4 Å². The molecule has 0 aliphatic carbocycles. The van der Waals surface area contributed by atoms with Gasteiger partial charge in [-0.2, -0.15) is 0 Å². The van der Waals surface area contributed by atoms with E-state index in [-0.39, 0.29) is 17.1 Å². The van der Waals surface area contributed by atoms with Crippen LogP contribution >= 0.6 is 11.6 Å². The number of hydrogen-bond acceptors (Lipinski definition) is 3. The number of carbonyl (C=O) groups excluding carboxylic acids is 2. The summed E-state index contributed by atoms with van der Waals surface area (Å²) in [7, 11) is 0. The fraction of sp³-hybridized carbons (Fsp3) is 0.882. The number of carbonyl (C=O) groups is 2. The maximum absolute atomic E-state index is 12.1. The van der Waals surface area contributed by atoms with Crippen LogP contribution < -0.4 is 0 Å². The Bertz CT molecular complexity index is 279. The molecule has 3 nitrogen and oxygen atoms in total. The first-order valence-electron chi connectivity index (χ1n) is 8.46. The second-order valence-electron chi connectivity index (χ2n) is 5.67. The summed E-state index contributed by atoms with van der Waals surface area (Å²) in [6, 6.07) is 0. The Morgan fingerprint density at radius 1 is 0.905 bits per heavy atom. The molecule has 0 bridgehead atoms. The highest BCUT2D eigenvalue weighted by Gasteiger charge is 2.18. The zero-order valence-corrected chi connectivity index (χ0v) is 14.4. The third-order valence-corrected chi connectivity index (χ3v) is 3.85. The molecule has 0 saturated heterocycles. The molecule has 124 valence electrons. The predicted molar refractivity (Wildman–Crippen MR) is 87.4 cm³/mol. The Labute approximate surface area is 134 Å². The van der Waals surface area contributed by atoms with Gasteiger partial charge in [0, 0.05) is 6.42 Å². The number of esters is 1. The molecule has 0 aliphatic rings. The Kier molecular flexibility index (Phi) is 14.0. The molecular formula is C17H31ClO3. The number of halogens is 1. The van der Waals surface area contributed by atoms with Gasteiger partial charge < -0.3 is 4.74 Å². The van der Waals surface area contributed by atoms with Gasteiger partial charge in [-0.1, -0.05) is 52.4 Å². The van der Waals surface area contributed by atoms with E-state index >= 15 is 0 Å². The van der Waals surface area contributed by atoms with Crippen molar-refractivity contribution >= 4 is 22.8 Å². The van der Waals surface area contributed by atoms with Gasteiger partial charge in [-0.25, -0.2) is 0 Å². The van der Waals surface area contributed by atoms with E-state index in [0.717, 1.165) is 32.1 Å². The molecule has 0 heterocycles. The monoisotopic (exact) mass is 318 g/mol. The van der Waals surface area contributed by atoms with E-state index in [2.05, 4.69) is 13.8 Å². The molecule has 4 heteroatoms. The van der Waals surface area contributed by atoms with Gasteiger partial charge in [-0.05, 0) is 37.3 Å². The minimum Gasteiger partial charge on any atom is -0.465 e. The normalized spacial score (nSPS) is 12.1. The number of hydrogen-bond donors (Lipinski definition) is 0. The molecule has 1 atom stereocenters. The molecule has 0 aromatic rings. The van der Waals surface area contributed by atoms with Crippen molar-refractivity contribution in [1.82, 2.24) is 0 Å². The van der Waals surface area contributed by atoms with Crippen LogP contribution in [0.5, 0.6) is 0 Å². The predicted octanol–water partition coefficient (Wildman–Crippen LogP) is 5.24. The lowest BCUT2D eigenvalue weighted by Crippen LogP contribution is -2.18. The molecule has 0 rings (SSSR count). The smallest absolute Gasteiger partial charge is 0.308 e. The van der Waals surface area contributed by atoms with Crippen LogP contribution in [-0.4, -0.2) is 17.8 Å². The first-order valence-corrected chi connectivity index (χ1v) is 8.84. The van der Waals surface area contributed by atoms with Crippen molar-refractivity contribution in [3.8, 4) is 0 Å². The Morgan fingerprint density at radius 2 is 1.57 bits per heavy atom. The molecule has 0 radical (unpaired) electrons. The Hall–Kier alpha value is -0.570. The standard InChI is InChI=1S/C17H31ClO3/c1-3-5-7-8-12-15(11-6-4-2)17(20)21-14-10-9-13-16(18)19/h15H,3-14H2,1-2H3. The van der Waals surface area contributed by atoms with Gasteiger partial charge in [0.1, 0.15) is 0 Å². The molecule has 0 amide bonds. The summed E-state index contributed by atoms with van der Waals surface area (Å²) in [4.78, 5) is 22.7. The van der Waals surface area contributed by atoms with Crippen molar-refractivity contribution < 1.29 is 14.3 Å². The van der Waals surface area contributed by atoms with E-state index in [1.54, 1.807) is 0 Å². The Balaban J connectivity index is 3.91. The van der Waals surface area contributed by atoms with Crippen molar-refractivity contribution in [2.45, 2.75) is 84.5 Å². The Morgan fingerprint density at radius 3 is 2.19 bits per heavy atom. The number of ether oxygens (including phenoxy) is 1. The fourth-order valence-electron chi connectivity index (χ4n) is 2.30. The number of rotatable bonds is 14. The first kappa shape index (κ1) is 20.4. The van der Waals surface area contributed by atoms with Crippen molar-refractivity contribution in [3.63, 3.8) is 0 Å². The largest absolute Gasteiger partial charge is 0.465 e.